The fourth-order valence-corrected chi connectivity index (χ4v) is 6.02. The number of nitrogens with one attached hydrogen (secondary N) is 1. The summed E-state index contributed by atoms with van der Waals surface area (Å²) in [5.41, 5.74) is 3.34. The zero-order chi connectivity index (χ0) is 24.3. The fraction of sp³-hybridized carbons (Fsp3) is 0.259. The molecule has 1 fully saturated rings. The van der Waals surface area contributed by atoms with E-state index in [1.807, 2.05) is 41.1 Å². The number of hydrogen-bond donors (Lipinski definition) is 1. The van der Waals surface area contributed by atoms with Crippen molar-refractivity contribution in [3.05, 3.63) is 95.8 Å². The number of ether oxygens (including phenoxy) is 1. The molecule has 36 heavy (non-hydrogen) atoms. The maximum absolute atomic E-state index is 5.79. The number of benzene rings is 3. The Morgan fingerprint density at radius 3 is 2.50 bits per heavy atom. The van der Waals surface area contributed by atoms with Crippen LogP contribution in [0.25, 0.3) is 10.2 Å². The van der Waals surface area contributed by atoms with Crippen molar-refractivity contribution in [2.45, 2.75) is 12.6 Å². The summed E-state index contributed by atoms with van der Waals surface area (Å²) in [7, 11) is 1.73. The van der Waals surface area contributed by atoms with E-state index in [4.69, 9.17) is 9.72 Å². The Labute approximate surface area is 213 Å². The molecule has 182 valence electrons. The summed E-state index contributed by atoms with van der Waals surface area (Å²) in [5, 5.41) is 14.1. The van der Waals surface area contributed by atoms with Crippen molar-refractivity contribution < 1.29 is 9.64 Å². The van der Waals surface area contributed by atoms with Crippen molar-refractivity contribution in [2.75, 3.05) is 38.2 Å². The van der Waals surface area contributed by atoms with Crippen LogP contribution in [0.3, 0.4) is 0 Å². The predicted octanol–water partition coefficient (Wildman–Crippen LogP) is 2.83. The minimum absolute atomic E-state index is 0.0441. The highest BCUT2D eigenvalue weighted by Gasteiger charge is 2.36. The van der Waals surface area contributed by atoms with Gasteiger partial charge in [-0.05, 0) is 40.3 Å². The second kappa shape index (κ2) is 10.0. The van der Waals surface area contributed by atoms with Crippen molar-refractivity contribution in [3.8, 4) is 5.75 Å². The van der Waals surface area contributed by atoms with Crippen molar-refractivity contribution in [2.24, 2.45) is 0 Å². The Balaban J connectivity index is 1.30. The van der Waals surface area contributed by atoms with Crippen molar-refractivity contribution in [1.29, 1.82) is 0 Å². The van der Waals surface area contributed by atoms with Gasteiger partial charge in [-0.25, -0.2) is 9.67 Å². The molecule has 1 atom stereocenters. The standard InChI is InChI=1S/C27H27N7OS/c1-35-23-13-7-5-11-21(23)25(26-29-30-31-34(26)19-20-9-3-2-4-10-20)32-15-17-33(18-16-32)27-28-22-12-6-8-14-24(22)36-27/h2-14,25H,15-19H2,1H3/p+1/t25-/m0/s1. The van der Waals surface area contributed by atoms with Gasteiger partial charge in [-0.2, -0.15) is 0 Å². The molecule has 0 saturated carbocycles. The Morgan fingerprint density at radius 2 is 1.69 bits per heavy atom. The highest BCUT2D eigenvalue weighted by Crippen LogP contribution is 2.30. The number of aromatic nitrogens is 5. The van der Waals surface area contributed by atoms with E-state index in [0.29, 0.717) is 6.54 Å². The van der Waals surface area contributed by atoms with Crippen LogP contribution in [0.15, 0.2) is 78.9 Å². The van der Waals surface area contributed by atoms with Crippen LogP contribution in [-0.4, -0.2) is 58.5 Å². The van der Waals surface area contributed by atoms with E-state index >= 15 is 0 Å². The Bertz CT molecular complexity index is 1410. The topological polar surface area (TPSA) is 73.4 Å². The molecule has 0 aliphatic carbocycles. The number of quaternary nitrogens is 1. The second-order valence-electron chi connectivity index (χ2n) is 8.96. The van der Waals surface area contributed by atoms with E-state index in [-0.39, 0.29) is 6.04 Å². The minimum atomic E-state index is -0.0441. The third-order valence-corrected chi connectivity index (χ3v) is 7.91. The van der Waals surface area contributed by atoms with Gasteiger partial charge in [0.2, 0.25) is 5.82 Å². The van der Waals surface area contributed by atoms with E-state index in [1.165, 1.54) is 15.2 Å². The van der Waals surface area contributed by atoms with Crippen LogP contribution in [0.4, 0.5) is 5.13 Å². The van der Waals surface area contributed by atoms with Gasteiger partial charge in [0.25, 0.3) is 0 Å². The van der Waals surface area contributed by atoms with Crippen LogP contribution in [0, 0.1) is 0 Å². The van der Waals surface area contributed by atoms with Gasteiger partial charge in [-0.3, -0.25) is 0 Å². The van der Waals surface area contributed by atoms with Gasteiger partial charge in [0, 0.05) is 0 Å². The third-order valence-electron chi connectivity index (χ3n) is 6.81. The largest absolute Gasteiger partial charge is 0.496 e. The summed E-state index contributed by atoms with van der Waals surface area (Å²) < 4.78 is 8.95. The van der Waals surface area contributed by atoms with Gasteiger partial charge in [-0.1, -0.05) is 65.9 Å². The molecule has 1 saturated heterocycles. The normalized spacial score (nSPS) is 15.3. The van der Waals surface area contributed by atoms with Crippen molar-refractivity contribution in [1.82, 2.24) is 25.2 Å². The molecule has 8 nitrogen and oxygen atoms in total. The predicted molar refractivity (Wildman–Crippen MR) is 141 cm³/mol. The van der Waals surface area contributed by atoms with Crippen molar-refractivity contribution >= 4 is 26.7 Å². The number of methoxy groups -OCH3 is 1. The Morgan fingerprint density at radius 1 is 0.944 bits per heavy atom. The summed E-state index contributed by atoms with van der Waals surface area (Å²) in [5.74, 6) is 1.71. The number of hydrogen-bond acceptors (Lipinski definition) is 7. The Kier molecular flexibility index (Phi) is 6.31. The van der Waals surface area contributed by atoms with E-state index in [2.05, 4.69) is 62.9 Å². The van der Waals surface area contributed by atoms with Crippen LogP contribution < -0.4 is 14.5 Å². The quantitative estimate of drug-likeness (QED) is 0.372. The molecule has 1 N–H and O–H groups in total. The molecule has 0 radical (unpaired) electrons. The third kappa shape index (κ3) is 4.43. The smallest absolute Gasteiger partial charge is 0.214 e. The monoisotopic (exact) mass is 498 g/mol. The lowest BCUT2D eigenvalue weighted by Gasteiger charge is -2.36. The van der Waals surface area contributed by atoms with Crippen LogP contribution >= 0.6 is 11.3 Å². The molecule has 0 amide bonds. The molecule has 3 heterocycles. The van der Waals surface area contributed by atoms with Gasteiger partial charge < -0.3 is 14.5 Å². The number of fused-ring (bicyclic) bond motifs is 1. The number of para-hydroxylation sites is 2. The Hall–Kier alpha value is -3.82. The van der Waals surface area contributed by atoms with Gasteiger partial charge in [0.1, 0.15) is 5.75 Å². The van der Waals surface area contributed by atoms with E-state index in [1.54, 1.807) is 18.4 Å². The molecule has 0 unspecified atom stereocenters. The van der Waals surface area contributed by atoms with Crippen molar-refractivity contribution in [3.63, 3.8) is 0 Å². The summed E-state index contributed by atoms with van der Waals surface area (Å²) in [6.45, 7) is 4.34. The second-order valence-corrected chi connectivity index (χ2v) is 9.97. The molecule has 1 aliphatic rings. The van der Waals surface area contributed by atoms with Gasteiger partial charge >= 0.3 is 0 Å². The molecule has 6 rings (SSSR count). The number of anilines is 1. The minimum Gasteiger partial charge on any atom is -0.496 e. The van der Waals surface area contributed by atoms with Crippen LogP contribution in [0.5, 0.6) is 5.75 Å². The molecule has 5 aromatic rings. The lowest BCUT2D eigenvalue weighted by atomic mass is 10.0. The maximum Gasteiger partial charge on any atom is 0.214 e. The lowest BCUT2D eigenvalue weighted by molar-refractivity contribution is -0.927. The molecule has 2 aromatic heterocycles. The fourth-order valence-electron chi connectivity index (χ4n) is 5.00. The number of piperazine rings is 1. The molecule has 0 bridgehead atoms. The number of nitrogens with zero attached hydrogens (tertiary/aromatic N) is 6. The first-order valence-corrected chi connectivity index (χ1v) is 13.0. The molecular formula is C27H28N7OS+. The zero-order valence-corrected chi connectivity index (χ0v) is 20.9. The molecule has 0 spiro atoms. The number of tetrazole rings is 1. The van der Waals surface area contributed by atoms with E-state index in [0.717, 1.165) is 54.0 Å². The van der Waals surface area contributed by atoms with Gasteiger partial charge in [0.15, 0.2) is 11.2 Å². The maximum atomic E-state index is 5.79. The van der Waals surface area contributed by atoms with E-state index in [9.17, 15) is 0 Å². The highest BCUT2D eigenvalue weighted by molar-refractivity contribution is 7.22. The summed E-state index contributed by atoms with van der Waals surface area (Å²) in [4.78, 5) is 8.70. The van der Waals surface area contributed by atoms with Gasteiger partial charge in [0.05, 0.1) is 55.6 Å². The first-order valence-electron chi connectivity index (χ1n) is 12.2. The SMILES string of the molecule is COc1ccccc1[C@@H](c1nnnn1Cc1ccccc1)[NH+]1CCN(c2nc3ccccc3s2)CC1. The van der Waals surface area contributed by atoms with Crippen LogP contribution in [-0.2, 0) is 6.54 Å². The first kappa shape index (κ1) is 22.6. The first-order chi connectivity index (χ1) is 17.8. The lowest BCUT2D eigenvalue weighted by Crippen LogP contribution is -3.15. The molecule has 9 heteroatoms. The number of thiazole rings is 1. The summed E-state index contributed by atoms with van der Waals surface area (Å²) in [6, 6.07) is 26.8. The molecule has 3 aromatic carbocycles. The molecule has 1 aliphatic heterocycles. The van der Waals surface area contributed by atoms with Gasteiger partial charge in [-0.15, -0.1) is 5.10 Å². The van der Waals surface area contributed by atoms with E-state index < -0.39 is 0 Å². The average Bonchev–Trinajstić information content (AvgIpc) is 3.57. The molecular weight excluding hydrogens is 470 g/mol. The average molecular weight is 499 g/mol. The summed E-state index contributed by atoms with van der Waals surface area (Å²) in [6.07, 6.45) is 0. The van der Waals surface area contributed by atoms with Crippen LogP contribution in [0.1, 0.15) is 23.0 Å². The zero-order valence-electron chi connectivity index (χ0n) is 20.1. The summed E-state index contributed by atoms with van der Waals surface area (Å²) >= 11 is 1.77. The number of rotatable bonds is 7. The highest BCUT2D eigenvalue weighted by atomic mass is 32.1. The van der Waals surface area contributed by atoms with Crippen LogP contribution in [0.2, 0.25) is 0 Å².